The van der Waals surface area contributed by atoms with Crippen molar-refractivity contribution >= 4 is 17.6 Å². The van der Waals surface area contributed by atoms with Gasteiger partial charge in [-0.1, -0.05) is 36.4 Å². The van der Waals surface area contributed by atoms with Crippen LogP contribution in [0.1, 0.15) is 12.5 Å². The molecule has 1 aliphatic heterocycles. The molecule has 8 heteroatoms. The molecular formula is C19H18F3N3O2. The largest absolute Gasteiger partial charge is 0.417 e. The van der Waals surface area contributed by atoms with Crippen molar-refractivity contribution in [3.63, 3.8) is 0 Å². The maximum Gasteiger partial charge on any atom is 0.417 e. The van der Waals surface area contributed by atoms with Gasteiger partial charge in [-0.05, 0) is 30.2 Å². The van der Waals surface area contributed by atoms with Gasteiger partial charge in [0.15, 0.2) is 0 Å². The third-order valence-electron chi connectivity index (χ3n) is 4.29. The van der Waals surface area contributed by atoms with E-state index in [9.17, 15) is 22.8 Å². The van der Waals surface area contributed by atoms with Crippen molar-refractivity contribution in [3.05, 3.63) is 54.1 Å². The highest BCUT2D eigenvalue weighted by molar-refractivity contribution is 5.99. The monoisotopic (exact) mass is 377 g/mol. The molecule has 2 N–H and O–H groups in total. The van der Waals surface area contributed by atoms with Gasteiger partial charge in [0.25, 0.3) is 5.91 Å². The Morgan fingerprint density at radius 1 is 1.19 bits per heavy atom. The van der Waals surface area contributed by atoms with E-state index >= 15 is 0 Å². The van der Waals surface area contributed by atoms with Crippen molar-refractivity contribution in [1.82, 2.24) is 10.2 Å². The lowest BCUT2D eigenvalue weighted by Crippen LogP contribution is -2.43. The molecule has 1 saturated heterocycles. The Morgan fingerprint density at radius 3 is 2.48 bits per heavy atom. The lowest BCUT2D eigenvalue weighted by Gasteiger charge is -2.21. The Bertz CT molecular complexity index is 853. The molecule has 27 heavy (non-hydrogen) atoms. The number of nitrogens with zero attached hydrogens (tertiary/aromatic N) is 1. The zero-order valence-corrected chi connectivity index (χ0v) is 14.5. The Balaban J connectivity index is 1.86. The van der Waals surface area contributed by atoms with Crippen LogP contribution < -0.4 is 10.6 Å². The first-order chi connectivity index (χ1) is 12.8. The number of anilines is 1. The summed E-state index contributed by atoms with van der Waals surface area (Å²) >= 11 is 0. The molecule has 1 aliphatic rings. The van der Waals surface area contributed by atoms with Crippen LogP contribution in [0.3, 0.4) is 0 Å². The molecule has 142 valence electrons. The minimum Gasteiger partial charge on any atom is -0.374 e. The van der Waals surface area contributed by atoms with E-state index in [0.717, 1.165) is 11.0 Å². The van der Waals surface area contributed by atoms with Gasteiger partial charge in [-0.3, -0.25) is 9.69 Å². The van der Waals surface area contributed by atoms with Crippen molar-refractivity contribution in [2.24, 2.45) is 0 Å². The molecule has 0 radical (unpaired) electrons. The molecule has 0 aromatic heterocycles. The molecule has 3 rings (SSSR count). The van der Waals surface area contributed by atoms with Gasteiger partial charge in [-0.25, -0.2) is 4.79 Å². The van der Waals surface area contributed by atoms with Crippen LogP contribution in [0.5, 0.6) is 0 Å². The van der Waals surface area contributed by atoms with Crippen LogP contribution in [-0.4, -0.2) is 36.0 Å². The lowest BCUT2D eigenvalue weighted by molar-refractivity contribution is -0.137. The zero-order chi connectivity index (χ0) is 19.6. The van der Waals surface area contributed by atoms with Crippen LogP contribution in [0.4, 0.5) is 23.7 Å². The predicted molar refractivity (Wildman–Crippen MR) is 95.1 cm³/mol. The van der Waals surface area contributed by atoms with Crippen LogP contribution >= 0.6 is 0 Å². The maximum absolute atomic E-state index is 13.6. The molecule has 1 fully saturated rings. The van der Waals surface area contributed by atoms with Crippen molar-refractivity contribution < 1.29 is 22.8 Å². The van der Waals surface area contributed by atoms with E-state index in [1.165, 1.54) is 19.1 Å². The van der Waals surface area contributed by atoms with Gasteiger partial charge < -0.3 is 10.6 Å². The number of carbonyl (C=O) groups excluding carboxylic acids is 2. The minimum atomic E-state index is -4.55. The Morgan fingerprint density at radius 2 is 1.89 bits per heavy atom. The zero-order valence-electron chi connectivity index (χ0n) is 14.5. The van der Waals surface area contributed by atoms with Gasteiger partial charge >= 0.3 is 12.2 Å². The van der Waals surface area contributed by atoms with Gasteiger partial charge in [0.1, 0.15) is 6.04 Å². The number of amides is 3. The number of benzene rings is 2. The highest BCUT2D eigenvalue weighted by Gasteiger charge is 2.34. The summed E-state index contributed by atoms with van der Waals surface area (Å²) in [5.41, 5.74) is -0.125. The maximum atomic E-state index is 13.6. The molecule has 3 amide bonds. The molecule has 2 aromatic carbocycles. The average molecular weight is 377 g/mol. The fourth-order valence-corrected chi connectivity index (χ4v) is 2.97. The van der Waals surface area contributed by atoms with Crippen LogP contribution in [0.25, 0.3) is 11.1 Å². The van der Waals surface area contributed by atoms with E-state index < -0.39 is 29.7 Å². The summed E-state index contributed by atoms with van der Waals surface area (Å²) < 4.78 is 40.7. The number of imide groups is 1. The smallest absolute Gasteiger partial charge is 0.374 e. The summed E-state index contributed by atoms with van der Waals surface area (Å²) in [4.78, 5) is 24.9. The van der Waals surface area contributed by atoms with Crippen LogP contribution in [0.2, 0.25) is 0 Å². The van der Waals surface area contributed by atoms with Crippen LogP contribution in [0.15, 0.2) is 48.5 Å². The summed E-state index contributed by atoms with van der Waals surface area (Å²) in [7, 11) is 0. The van der Waals surface area contributed by atoms with Crippen molar-refractivity contribution in [1.29, 1.82) is 0 Å². The second kappa shape index (κ2) is 7.30. The minimum absolute atomic E-state index is 0.0616. The Hall–Kier alpha value is -3.03. The van der Waals surface area contributed by atoms with Crippen molar-refractivity contribution in [3.8, 4) is 11.1 Å². The van der Waals surface area contributed by atoms with E-state index in [2.05, 4.69) is 10.6 Å². The van der Waals surface area contributed by atoms with Crippen LogP contribution in [-0.2, 0) is 11.0 Å². The summed E-state index contributed by atoms with van der Waals surface area (Å²) in [5, 5.41) is 5.27. The molecule has 0 saturated carbocycles. The van der Waals surface area contributed by atoms with Crippen molar-refractivity contribution in [2.75, 3.05) is 18.4 Å². The highest BCUT2D eigenvalue weighted by Crippen LogP contribution is 2.38. The summed E-state index contributed by atoms with van der Waals surface area (Å²) in [6.07, 6.45) is -4.55. The van der Waals surface area contributed by atoms with E-state index in [1.807, 2.05) is 0 Å². The number of urea groups is 1. The Kier molecular flexibility index (Phi) is 5.07. The standard InChI is InChI=1S/C19H18F3N3O2/c1-12(17(26)25-10-9-23-18(25)27)24-14-7-8-15(13-5-3-2-4-6-13)16(11-14)19(20,21)22/h2-8,11-12,24H,9-10H2,1H3,(H,23,27)/t12-/m0/s1. The number of rotatable bonds is 4. The first kappa shape index (κ1) is 18.8. The van der Waals surface area contributed by atoms with E-state index in [4.69, 9.17) is 0 Å². The molecule has 0 bridgehead atoms. The summed E-state index contributed by atoms with van der Waals surface area (Å²) in [6.45, 7) is 2.11. The van der Waals surface area contributed by atoms with Gasteiger partial charge in [0.05, 0.1) is 5.56 Å². The first-order valence-electron chi connectivity index (χ1n) is 8.40. The number of nitrogens with one attached hydrogen (secondary N) is 2. The quantitative estimate of drug-likeness (QED) is 0.854. The normalized spacial score (nSPS) is 15.4. The second-order valence-electron chi connectivity index (χ2n) is 6.21. The van der Waals surface area contributed by atoms with E-state index in [-0.39, 0.29) is 17.8 Å². The number of halogens is 3. The van der Waals surface area contributed by atoms with Crippen LogP contribution in [0, 0.1) is 0 Å². The van der Waals surface area contributed by atoms with Gasteiger partial charge in [-0.2, -0.15) is 13.2 Å². The molecule has 5 nitrogen and oxygen atoms in total. The third-order valence-corrected chi connectivity index (χ3v) is 4.29. The molecule has 1 atom stereocenters. The number of alkyl halides is 3. The lowest BCUT2D eigenvalue weighted by atomic mass is 9.98. The molecular weight excluding hydrogens is 359 g/mol. The number of hydrogen-bond donors (Lipinski definition) is 2. The van der Waals surface area contributed by atoms with Gasteiger partial charge in [0, 0.05) is 18.8 Å². The fraction of sp³-hybridized carbons (Fsp3) is 0.263. The molecule has 0 aliphatic carbocycles. The van der Waals surface area contributed by atoms with E-state index in [1.54, 1.807) is 30.3 Å². The molecule has 2 aromatic rings. The summed E-state index contributed by atoms with van der Waals surface area (Å²) in [6, 6.07) is 10.8. The van der Waals surface area contributed by atoms with Gasteiger partial charge in [0.2, 0.25) is 0 Å². The second-order valence-corrected chi connectivity index (χ2v) is 6.21. The topological polar surface area (TPSA) is 61.4 Å². The average Bonchev–Trinajstić information content (AvgIpc) is 3.07. The van der Waals surface area contributed by atoms with Crippen molar-refractivity contribution in [2.45, 2.75) is 19.1 Å². The number of carbonyl (C=O) groups is 2. The molecule has 1 heterocycles. The van der Waals surface area contributed by atoms with E-state index in [0.29, 0.717) is 12.1 Å². The van der Waals surface area contributed by atoms with Gasteiger partial charge in [-0.15, -0.1) is 0 Å². The molecule has 0 unspecified atom stereocenters. The molecule has 0 spiro atoms. The predicted octanol–water partition coefficient (Wildman–Crippen LogP) is 3.72. The third kappa shape index (κ3) is 4.05. The highest BCUT2D eigenvalue weighted by atomic mass is 19.4. The Labute approximate surface area is 154 Å². The number of hydrogen-bond acceptors (Lipinski definition) is 3. The fourth-order valence-electron chi connectivity index (χ4n) is 2.97. The first-order valence-corrected chi connectivity index (χ1v) is 8.40. The SMILES string of the molecule is C[C@H](Nc1ccc(-c2ccccc2)c(C(F)(F)F)c1)C(=O)N1CCNC1=O. The summed E-state index contributed by atoms with van der Waals surface area (Å²) in [5.74, 6) is -0.495.